The van der Waals surface area contributed by atoms with Gasteiger partial charge in [-0.1, -0.05) is 27.7 Å². The molecule has 1 fully saturated rings. The van der Waals surface area contributed by atoms with Gasteiger partial charge in [-0.05, 0) is 45.6 Å². The average Bonchev–Trinajstić information content (AvgIpc) is 2.79. The highest BCUT2D eigenvalue weighted by Gasteiger charge is 2.52. The molecule has 2 rings (SSSR count). The quantitative estimate of drug-likeness (QED) is 0.692. The number of pyridine rings is 1. The van der Waals surface area contributed by atoms with Crippen LogP contribution in [0.15, 0.2) is 17.2 Å². The predicted octanol–water partition coefficient (Wildman–Crippen LogP) is 2.35. The van der Waals surface area contributed by atoms with Crippen LogP contribution in [0.25, 0.3) is 0 Å². The molecule has 2 heterocycles. The number of ether oxygens (including phenoxy) is 1. The molecule has 0 spiro atoms. The Hall–Kier alpha value is -1.16. The van der Waals surface area contributed by atoms with Gasteiger partial charge in [-0.2, -0.15) is 0 Å². The van der Waals surface area contributed by atoms with E-state index >= 15 is 0 Å². The maximum atomic E-state index is 13.1. The zero-order valence-corrected chi connectivity index (χ0v) is 19.2. The van der Waals surface area contributed by atoms with Crippen LogP contribution in [-0.4, -0.2) is 44.9 Å². The Labute approximate surface area is 169 Å². The van der Waals surface area contributed by atoms with Crippen LogP contribution in [0.2, 0.25) is 0 Å². The van der Waals surface area contributed by atoms with Crippen molar-refractivity contribution in [3.63, 3.8) is 0 Å². The Kier molecular flexibility index (Phi) is 6.55. The van der Waals surface area contributed by atoms with E-state index < -0.39 is 28.3 Å². The third-order valence-electron chi connectivity index (χ3n) is 5.58. The summed E-state index contributed by atoms with van der Waals surface area (Å²) < 4.78 is 46.4. The number of nitrogens with zero attached hydrogens (tertiary/aromatic N) is 1. The Bertz CT molecular complexity index is 785. The van der Waals surface area contributed by atoms with Gasteiger partial charge in [0.15, 0.2) is 0 Å². The molecule has 1 N–H and O–H groups in total. The third-order valence-corrected chi connectivity index (χ3v) is 7.03. The largest absolute Gasteiger partial charge is 0.496 e. The van der Waals surface area contributed by atoms with E-state index in [2.05, 4.69) is 9.71 Å². The lowest BCUT2D eigenvalue weighted by atomic mass is 9.80. The standard InChI is InChI=1S/C19H33BN2O5S/c1-12(2)16(13(3)4)22-28(23,24)15-10-14(11-21-17(15)25-9)20-26-18(5,6)19(7,8)27-20/h10-13,16,22H,1-9H3. The number of nitrogens with one attached hydrogen (secondary N) is 1. The summed E-state index contributed by atoms with van der Waals surface area (Å²) >= 11 is 0. The van der Waals surface area contributed by atoms with Crippen LogP contribution < -0.4 is 14.9 Å². The van der Waals surface area contributed by atoms with Crippen LogP contribution in [-0.2, 0) is 19.3 Å². The Balaban J connectivity index is 2.43. The monoisotopic (exact) mass is 412 g/mol. The third kappa shape index (κ3) is 4.53. The van der Waals surface area contributed by atoms with E-state index in [-0.39, 0.29) is 28.7 Å². The van der Waals surface area contributed by atoms with Crippen molar-refractivity contribution in [2.75, 3.05) is 7.11 Å². The molecular weight excluding hydrogens is 379 g/mol. The van der Waals surface area contributed by atoms with Crippen LogP contribution in [0.5, 0.6) is 5.88 Å². The first kappa shape index (κ1) is 23.1. The topological polar surface area (TPSA) is 86.8 Å². The fraction of sp³-hybridized carbons (Fsp3) is 0.737. The lowest BCUT2D eigenvalue weighted by Gasteiger charge is -2.32. The number of aromatic nitrogens is 1. The highest BCUT2D eigenvalue weighted by atomic mass is 32.2. The zero-order chi connectivity index (χ0) is 21.5. The lowest BCUT2D eigenvalue weighted by molar-refractivity contribution is 0.00578. The summed E-state index contributed by atoms with van der Waals surface area (Å²) in [6, 6.07) is 1.31. The molecule has 0 amide bonds. The van der Waals surface area contributed by atoms with Crippen molar-refractivity contribution in [1.29, 1.82) is 0 Å². The van der Waals surface area contributed by atoms with Gasteiger partial charge in [0, 0.05) is 17.7 Å². The van der Waals surface area contributed by atoms with Gasteiger partial charge in [0.05, 0.1) is 18.3 Å². The fourth-order valence-electron chi connectivity index (χ4n) is 3.19. The molecule has 0 bridgehead atoms. The van der Waals surface area contributed by atoms with E-state index in [0.717, 1.165) is 0 Å². The normalized spacial score (nSPS) is 19.1. The van der Waals surface area contributed by atoms with Crippen molar-refractivity contribution in [1.82, 2.24) is 9.71 Å². The summed E-state index contributed by atoms with van der Waals surface area (Å²) in [5.74, 6) is 0.319. The molecule has 1 aliphatic heterocycles. The van der Waals surface area contributed by atoms with E-state index in [0.29, 0.717) is 5.46 Å². The van der Waals surface area contributed by atoms with E-state index in [4.69, 9.17) is 14.0 Å². The average molecular weight is 412 g/mol. The van der Waals surface area contributed by atoms with Gasteiger partial charge in [0.25, 0.3) is 0 Å². The number of hydrogen-bond donors (Lipinski definition) is 1. The molecule has 0 aromatic carbocycles. The first-order valence-electron chi connectivity index (χ1n) is 9.63. The minimum absolute atomic E-state index is 0.0199. The summed E-state index contributed by atoms with van der Waals surface area (Å²) in [5.41, 5.74) is -0.532. The van der Waals surface area contributed by atoms with Gasteiger partial charge >= 0.3 is 7.12 Å². The van der Waals surface area contributed by atoms with Crippen LogP contribution in [0.3, 0.4) is 0 Å². The molecule has 28 heavy (non-hydrogen) atoms. The number of rotatable bonds is 7. The second kappa shape index (κ2) is 7.93. The Morgan fingerprint density at radius 1 is 1.07 bits per heavy atom. The van der Waals surface area contributed by atoms with Gasteiger partial charge in [-0.3, -0.25) is 0 Å². The van der Waals surface area contributed by atoms with Gasteiger partial charge < -0.3 is 14.0 Å². The van der Waals surface area contributed by atoms with E-state index in [1.54, 1.807) is 0 Å². The molecule has 0 atom stereocenters. The second-order valence-corrected chi connectivity index (χ2v) is 10.7. The summed E-state index contributed by atoms with van der Waals surface area (Å²) in [4.78, 5) is 4.18. The smallest absolute Gasteiger partial charge is 0.480 e. The predicted molar refractivity (Wildman–Crippen MR) is 110 cm³/mol. The van der Waals surface area contributed by atoms with Crippen LogP contribution in [0.1, 0.15) is 55.4 Å². The molecular formula is C19H33BN2O5S. The minimum Gasteiger partial charge on any atom is -0.480 e. The van der Waals surface area contributed by atoms with Gasteiger partial charge in [-0.25, -0.2) is 18.1 Å². The van der Waals surface area contributed by atoms with Crippen molar-refractivity contribution >= 4 is 22.6 Å². The molecule has 0 unspecified atom stereocenters. The summed E-state index contributed by atoms with van der Waals surface area (Å²) in [7, 11) is -3.15. The summed E-state index contributed by atoms with van der Waals surface area (Å²) in [6.45, 7) is 15.7. The van der Waals surface area contributed by atoms with Gasteiger partial charge in [0.2, 0.25) is 15.9 Å². The van der Waals surface area contributed by atoms with E-state index in [1.807, 2.05) is 55.4 Å². The highest BCUT2D eigenvalue weighted by Crippen LogP contribution is 2.36. The lowest BCUT2D eigenvalue weighted by Crippen LogP contribution is -2.43. The van der Waals surface area contributed by atoms with Gasteiger partial charge in [0.1, 0.15) is 4.90 Å². The maximum absolute atomic E-state index is 13.1. The molecule has 9 heteroatoms. The summed E-state index contributed by atoms with van der Waals surface area (Å²) in [5, 5.41) is 0. The van der Waals surface area contributed by atoms with Crippen molar-refractivity contribution in [3.05, 3.63) is 12.3 Å². The molecule has 0 radical (unpaired) electrons. The SMILES string of the molecule is COc1ncc(B2OC(C)(C)C(C)(C)O2)cc1S(=O)(=O)NC(C(C)C)C(C)C. The maximum Gasteiger partial charge on any atom is 0.496 e. The van der Waals surface area contributed by atoms with Crippen LogP contribution >= 0.6 is 0 Å². The van der Waals surface area contributed by atoms with E-state index in [1.165, 1.54) is 19.4 Å². The number of hydrogen-bond acceptors (Lipinski definition) is 6. The van der Waals surface area contributed by atoms with Crippen molar-refractivity contribution < 1.29 is 22.5 Å². The number of methoxy groups -OCH3 is 1. The highest BCUT2D eigenvalue weighted by molar-refractivity contribution is 7.89. The Morgan fingerprint density at radius 3 is 2.00 bits per heavy atom. The summed E-state index contributed by atoms with van der Waals surface area (Å²) in [6.07, 6.45) is 1.53. The second-order valence-electron chi connectivity index (χ2n) is 9.00. The molecule has 1 aromatic heterocycles. The molecule has 1 saturated heterocycles. The van der Waals surface area contributed by atoms with Crippen molar-refractivity contribution in [3.8, 4) is 5.88 Å². The van der Waals surface area contributed by atoms with Gasteiger partial charge in [-0.15, -0.1) is 0 Å². The molecule has 158 valence electrons. The van der Waals surface area contributed by atoms with Crippen LogP contribution in [0.4, 0.5) is 0 Å². The number of sulfonamides is 1. The molecule has 0 aliphatic carbocycles. The zero-order valence-electron chi connectivity index (χ0n) is 18.4. The molecule has 1 aromatic rings. The Morgan fingerprint density at radius 2 is 1.57 bits per heavy atom. The van der Waals surface area contributed by atoms with Crippen LogP contribution in [0, 0.1) is 11.8 Å². The van der Waals surface area contributed by atoms with E-state index in [9.17, 15) is 8.42 Å². The fourth-order valence-corrected chi connectivity index (χ4v) is 4.87. The molecule has 7 nitrogen and oxygen atoms in total. The molecule has 0 saturated carbocycles. The van der Waals surface area contributed by atoms with Crippen molar-refractivity contribution in [2.45, 2.75) is 77.5 Å². The first-order valence-corrected chi connectivity index (χ1v) is 11.1. The first-order chi connectivity index (χ1) is 12.7. The van der Waals surface area contributed by atoms with Crippen molar-refractivity contribution in [2.24, 2.45) is 11.8 Å². The minimum atomic E-state index is -3.85. The molecule has 1 aliphatic rings.